The molecule has 4 heterocycles. The van der Waals surface area contributed by atoms with Crippen molar-refractivity contribution in [2.45, 2.75) is 25.7 Å². The molecule has 0 saturated carbocycles. The number of phenols is 1. The Morgan fingerprint density at radius 1 is 1.03 bits per heavy atom. The van der Waals surface area contributed by atoms with E-state index in [0.717, 1.165) is 34.7 Å². The number of aromatic nitrogens is 4. The van der Waals surface area contributed by atoms with Gasteiger partial charge < -0.3 is 25.0 Å². The number of benzene rings is 3. The number of halogens is 2. The van der Waals surface area contributed by atoms with Crippen LogP contribution in [0.1, 0.15) is 36.8 Å². The molecule has 0 aliphatic carbocycles. The van der Waals surface area contributed by atoms with E-state index in [1.165, 1.54) is 47.3 Å². The van der Waals surface area contributed by atoms with Crippen LogP contribution in [0.2, 0.25) is 0 Å². The maximum absolute atomic E-state index is 15.1. The number of nitrogens with zero attached hydrogens (tertiary/aromatic N) is 9. The smallest absolute Gasteiger partial charge is 0.269 e. The van der Waals surface area contributed by atoms with Crippen LogP contribution in [0.15, 0.2) is 66.0 Å². The van der Waals surface area contributed by atoms with E-state index in [1.807, 2.05) is 28.0 Å². The third kappa shape index (κ3) is 8.65. The fraction of sp³-hybridized carbons (Fsp3) is 0.350. The molecule has 2 aliphatic heterocycles. The molecule has 2 aromatic heterocycles. The summed E-state index contributed by atoms with van der Waals surface area (Å²) < 4.78 is 53.3. The predicted octanol–water partition coefficient (Wildman–Crippen LogP) is 4.34. The van der Waals surface area contributed by atoms with Gasteiger partial charge in [0.1, 0.15) is 29.2 Å². The number of fused-ring (bicyclic) bond motifs is 1. The highest BCUT2D eigenvalue weighted by molar-refractivity contribution is 7.84. The second kappa shape index (κ2) is 17.7. The van der Waals surface area contributed by atoms with Gasteiger partial charge in [0.2, 0.25) is 11.9 Å². The van der Waals surface area contributed by atoms with Crippen molar-refractivity contribution >= 4 is 45.3 Å². The monoisotopic (exact) mass is 827 g/mol. The second-order valence-corrected chi connectivity index (χ2v) is 15.5. The number of piperidine rings is 1. The molecule has 16 nitrogen and oxygen atoms in total. The molecule has 59 heavy (non-hydrogen) atoms. The molecule has 19 heteroatoms. The average Bonchev–Trinajstić information content (AvgIpc) is 3.25. The van der Waals surface area contributed by atoms with Crippen LogP contribution < -0.4 is 25.2 Å². The molecule has 3 aromatic carbocycles. The zero-order valence-electron chi connectivity index (χ0n) is 32.7. The van der Waals surface area contributed by atoms with Crippen molar-refractivity contribution in [2.75, 3.05) is 81.4 Å². The molecular weight excluding hydrogens is 785 g/mol. The van der Waals surface area contributed by atoms with Crippen LogP contribution >= 0.6 is 0 Å². The van der Waals surface area contributed by atoms with Gasteiger partial charge in [-0.05, 0) is 73.8 Å². The summed E-state index contributed by atoms with van der Waals surface area (Å²) in [4.78, 5) is 46.2. The number of nitrogens with one attached hydrogen (secondary N) is 2. The van der Waals surface area contributed by atoms with Crippen LogP contribution in [0, 0.1) is 23.0 Å². The zero-order chi connectivity index (χ0) is 41.8. The molecule has 1 amide bonds. The highest BCUT2D eigenvalue weighted by Crippen LogP contribution is 2.39. The number of ether oxygens (including phenoxy) is 1. The third-order valence-corrected chi connectivity index (χ3v) is 11.9. The van der Waals surface area contributed by atoms with Crippen molar-refractivity contribution in [3.05, 3.63) is 94.3 Å². The molecule has 0 radical (unpaired) electrons. The SMILES string of the molecule is CCN(C)S(=O)Nc1ccc(F)c(Oc2ccc3ncn(-c4cnc(N5CCN(C(=O)CN6CCC(c7ccc(NC)cc7F)CC6)CC5)nc4)c(=O)c3c2O)c1C#N. The zero-order valence-corrected chi connectivity index (χ0v) is 33.5. The minimum Gasteiger partial charge on any atom is -0.504 e. The van der Waals surface area contributed by atoms with Gasteiger partial charge in [-0.1, -0.05) is 13.0 Å². The number of anilines is 3. The Balaban J connectivity index is 0.984. The van der Waals surface area contributed by atoms with Crippen LogP contribution in [0.25, 0.3) is 16.6 Å². The maximum atomic E-state index is 15.1. The minimum atomic E-state index is -1.74. The van der Waals surface area contributed by atoms with Gasteiger partial charge in [0.25, 0.3) is 5.56 Å². The van der Waals surface area contributed by atoms with Crippen LogP contribution in [-0.4, -0.2) is 115 Å². The molecule has 308 valence electrons. The summed E-state index contributed by atoms with van der Waals surface area (Å²) in [6.45, 7) is 5.93. The Labute approximate surface area is 341 Å². The number of carbonyl (C=O) groups is 1. The third-order valence-electron chi connectivity index (χ3n) is 10.7. The Morgan fingerprint density at radius 2 is 1.76 bits per heavy atom. The molecule has 2 saturated heterocycles. The fourth-order valence-electron chi connectivity index (χ4n) is 7.16. The van der Waals surface area contributed by atoms with Gasteiger partial charge >= 0.3 is 0 Å². The maximum Gasteiger partial charge on any atom is 0.269 e. The Morgan fingerprint density at radius 3 is 2.42 bits per heavy atom. The Hall–Kier alpha value is -6.23. The molecule has 2 fully saturated rings. The molecule has 7 rings (SSSR count). The number of aromatic hydroxyl groups is 1. The summed E-state index contributed by atoms with van der Waals surface area (Å²) >= 11 is -1.74. The van der Waals surface area contributed by atoms with Gasteiger partial charge in [0.15, 0.2) is 34.2 Å². The van der Waals surface area contributed by atoms with Crippen LogP contribution in [0.3, 0.4) is 0 Å². The lowest BCUT2D eigenvalue weighted by Crippen LogP contribution is -2.52. The van der Waals surface area contributed by atoms with E-state index in [1.54, 1.807) is 21.0 Å². The normalized spacial score (nSPS) is 15.6. The molecule has 0 spiro atoms. The van der Waals surface area contributed by atoms with E-state index in [4.69, 9.17) is 4.74 Å². The number of likely N-dealkylation sites (tertiary alicyclic amines) is 1. The van der Waals surface area contributed by atoms with E-state index in [2.05, 4.69) is 29.9 Å². The molecular formula is C40H43F2N11O5S. The number of rotatable bonds is 12. The summed E-state index contributed by atoms with van der Waals surface area (Å²) in [6, 6.07) is 12.1. The van der Waals surface area contributed by atoms with Gasteiger partial charge in [-0.2, -0.15) is 5.26 Å². The average molecular weight is 828 g/mol. The predicted molar refractivity (Wildman–Crippen MR) is 219 cm³/mol. The molecule has 0 bridgehead atoms. The molecule has 3 N–H and O–H groups in total. The second-order valence-electron chi connectivity index (χ2n) is 14.2. The first-order valence-electron chi connectivity index (χ1n) is 19.1. The fourth-order valence-corrected chi connectivity index (χ4v) is 7.90. The first-order chi connectivity index (χ1) is 28.5. The van der Waals surface area contributed by atoms with Crippen molar-refractivity contribution in [3.8, 4) is 29.0 Å². The number of phenolic OH excluding ortho intramolecular Hbond substituents is 1. The molecule has 2 aliphatic rings. The van der Waals surface area contributed by atoms with Gasteiger partial charge in [-0.25, -0.2) is 32.2 Å². The quantitative estimate of drug-likeness (QED) is 0.162. The number of carbonyl (C=O) groups excluding carboxylic acids is 1. The van der Waals surface area contributed by atoms with E-state index >= 15 is 4.39 Å². The minimum absolute atomic E-state index is 0.0400. The Kier molecular flexibility index (Phi) is 12.3. The summed E-state index contributed by atoms with van der Waals surface area (Å²) in [7, 11) is 3.36. The first-order valence-corrected chi connectivity index (χ1v) is 20.2. The topological polar surface area (TPSA) is 185 Å². The van der Waals surface area contributed by atoms with Gasteiger partial charge in [-0.3, -0.25) is 23.8 Å². The molecule has 1 atom stereocenters. The van der Waals surface area contributed by atoms with Gasteiger partial charge in [0, 0.05) is 52.5 Å². The highest BCUT2D eigenvalue weighted by atomic mass is 32.2. The van der Waals surface area contributed by atoms with Crippen molar-refractivity contribution in [1.29, 1.82) is 5.26 Å². The summed E-state index contributed by atoms with van der Waals surface area (Å²) in [5.41, 5.74) is 0.912. The summed E-state index contributed by atoms with van der Waals surface area (Å²) in [6.07, 6.45) is 5.73. The lowest BCUT2D eigenvalue weighted by molar-refractivity contribution is -0.133. The first kappa shape index (κ1) is 40.9. The van der Waals surface area contributed by atoms with E-state index in [-0.39, 0.29) is 51.2 Å². The van der Waals surface area contributed by atoms with Crippen LogP contribution in [0.5, 0.6) is 17.2 Å². The van der Waals surface area contributed by atoms with Gasteiger partial charge in [0.05, 0.1) is 35.8 Å². The standard InChI is InChI=1S/C40H43F2N11O5S/c1-4-49(3)59(57)48-32-8-7-30(41)38(29(32)20-43)58-34-10-9-33-36(37(34)55)39(56)53(24-47-33)27-21-45-40(46-22-27)52-17-15-51(16-18-52)35(54)23-50-13-11-25(12-14-50)28-6-5-26(44-2)19-31(28)42/h5-10,19,21-22,24-25,44,48,55H,4,11-18,23H2,1-3H3. The van der Waals surface area contributed by atoms with E-state index in [0.29, 0.717) is 58.3 Å². The number of hydrogen-bond acceptors (Lipinski definition) is 12. The van der Waals surface area contributed by atoms with Crippen molar-refractivity contribution in [1.82, 2.24) is 33.6 Å². The highest BCUT2D eigenvalue weighted by Gasteiger charge is 2.28. The lowest BCUT2D eigenvalue weighted by Gasteiger charge is -2.37. The van der Waals surface area contributed by atoms with E-state index < -0.39 is 34.0 Å². The van der Waals surface area contributed by atoms with E-state index in [9.17, 15) is 28.6 Å². The van der Waals surface area contributed by atoms with Crippen LogP contribution in [-0.2, 0) is 16.0 Å². The Bertz CT molecular complexity index is 2480. The van der Waals surface area contributed by atoms with Crippen molar-refractivity contribution in [2.24, 2.45) is 0 Å². The van der Waals surface area contributed by atoms with Crippen molar-refractivity contribution in [3.63, 3.8) is 0 Å². The van der Waals surface area contributed by atoms with Crippen molar-refractivity contribution < 1.29 is 27.6 Å². The number of piperazine rings is 1. The molecule has 1 unspecified atom stereocenters. The summed E-state index contributed by atoms with van der Waals surface area (Å²) in [5, 5.41) is 23.9. The van der Waals surface area contributed by atoms with Crippen LogP contribution in [0.4, 0.5) is 26.1 Å². The molecule has 5 aromatic rings. The number of amides is 1. The largest absolute Gasteiger partial charge is 0.504 e. The van der Waals surface area contributed by atoms with Gasteiger partial charge in [-0.15, -0.1) is 0 Å². The number of nitriles is 1. The summed E-state index contributed by atoms with van der Waals surface area (Å²) in [5.74, 6) is -2.04. The number of hydrogen-bond donors (Lipinski definition) is 3. The lowest BCUT2D eigenvalue weighted by atomic mass is 9.89.